The first kappa shape index (κ1) is 23.1. The van der Waals surface area contributed by atoms with Gasteiger partial charge >= 0.3 is 6.18 Å². The van der Waals surface area contributed by atoms with E-state index in [0.29, 0.717) is 38.2 Å². The summed E-state index contributed by atoms with van der Waals surface area (Å²) in [4.78, 5) is 6.30. The fraction of sp³-hybridized carbons (Fsp3) is 0.304. The number of alkyl halides is 3. The van der Waals surface area contributed by atoms with Crippen LogP contribution in [0.3, 0.4) is 0 Å². The quantitative estimate of drug-likeness (QED) is 0.323. The van der Waals surface area contributed by atoms with Crippen molar-refractivity contribution in [2.45, 2.75) is 31.6 Å². The molecule has 0 amide bonds. The molecule has 2 aromatic rings. The third-order valence-electron chi connectivity index (χ3n) is 5.63. The van der Waals surface area contributed by atoms with Crippen LogP contribution in [0.4, 0.5) is 17.6 Å². The first-order valence-corrected chi connectivity index (χ1v) is 12.5. The maximum absolute atomic E-state index is 15.0. The van der Waals surface area contributed by atoms with E-state index in [1.807, 2.05) is 4.01 Å². The highest BCUT2D eigenvalue weighted by atomic mass is 127. The van der Waals surface area contributed by atoms with Crippen LogP contribution in [-0.2, 0) is 12.7 Å². The molecular weight excluding hydrogens is 535 g/mol. The van der Waals surface area contributed by atoms with Crippen molar-refractivity contribution in [1.29, 1.82) is 0 Å². The minimum absolute atomic E-state index is 0.126. The second-order valence-corrected chi connectivity index (χ2v) is 10.4. The standard InChI is InChI=1S/C23H23F4IN4/c24-20-10-14(1-3-19(20)21-11-28-22(30)12-31-21)18-4-2-16(23(25,26)27)9-15(18)13-32-7-5-17(29)6-8-32/h1-4,9-12,17H,5-8,13,29-30H2. The molecule has 4 nitrogen and oxygen atoms in total. The van der Waals surface area contributed by atoms with Crippen LogP contribution < -0.4 is 11.5 Å². The number of halogens is 5. The largest absolute Gasteiger partial charge is 0.416 e. The summed E-state index contributed by atoms with van der Waals surface area (Å²) in [6.45, 7) is 1.80. The molecule has 2 heterocycles. The van der Waals surface area contributed by atoms with E-state index in [0.717, 1.165) is 32.0 Å². The lowest BCUT2D eigenvalue weighted by atomic mass is 9.94. The smallest absolute Gasteiger partial charge is 0.393 e. The average molecular weight is 558 g/mol. The maximum Gasteiger partial charge on any atom is 0.416 e. The Kier molecular flexibility index (Phi) is 6.78. The summed E-state index contributed by atoms with van der Waals surface area (Å²) in [6.07, 6.45) is -1.29. The summed E-state index contributed by atoms with van der Waals surface area (Å²) >= 11 is -0.518. The molecule has 4 rings (SSSR count). The van der Waals surface area contributed by atoms with Gasteiger partial charge in [-0.1, -0.05) is 32.9 Å². The van der Waals surface area contributed by atoms with Gasteiger partial charge in [-0.25, -0.2) is 4.39 Å². The molecule has 2 aliphatic heterocycles. The van der Waals surface area contributed by atoms with E-state index in [-0.39, 0.29) is 6.04 Å². The van der Waals surface area contributed by atoms with Crippen molar-refractivity contribution in [2.75, 3.05) is 13.1 Å². The van der Waals surface area contributed by atoms with Crippen molar-refractivity contribution in [1.82, 2.24) is 4.90 Å². The molecule has 2 aliphatic rings. The van der Waals surface area contributed by atoms with Crippen molar-refractivity contribution in [2.24, 2.45) is 16.5 Å². The van der Waals surface area contributed by atoms with Crippen molar-refractivity contribution in [3.8, 4) is 11.1 Å². The number of hydrogen-bond donors (Lipinski definition) is 2. The van der Waals surface area contributed by atoms with E-state index in [9.17, 15) is 17.6 Å². The number of nitrogens with two attached hydrogens (primary N) is 2. The van der Waals surface area contributed by atoms with Gasteiger partial charge in [0.25, 0.3) is 0 Å². The second kappa shape index (κ2) is 9.40. The number of hydrogen-bond acceptors (Lipinski definition) is 4. The molecule has 0 atom stereocenters. The molecular formula is C23H23F4IN4. The summed E-state index contributed by atoms with van der Waals surface area (Å²) in [5.74, 6) is -0.467. The zero-order valence-corrected chi connectivity index (χ0v) is 19.3. The highest BCUT2D eigenvalue weighted by Gasteiger charge is 2.31. The Morgan fingerprint density at radius 1 is 1.06 bits per heavy atom. The van der Waals surface area contributed by atoms with Crippen LogP contribution in [0.15, 0.2) is 51.3 Å². The Morgan fingerprint density at radius 2 is 1.78 bits per heavy atom. The van der Waals surface area contributed by atoms with Crippen molar-refractivity contribution in [3.63, 3.8) is 0 Å². The van der Waals surface area contributed by atoms with Gasteiger partial charge in [-0.2, -0.15) is 13.2 Å². The van der Waals surface area contributed by atoms with Crippen LogP contribution in [-0.4, -0.2) is 33.8 Å². The molecule has 9 heteroatoms. The van der Waals surface area contributed by atoms with Gasteiger partial charge in [0.15, 0.2) is 0 Å². The average Bonchev–Trinajstić information content (AvgIpc) is 2.75. The van der Waals surface area contributed by atoms with Crippen LogP contribution >= 0.6 is 20.7 Å². The van der Waals surface area contributed by atoms with E-state index in [1.165, 1.54) is 18.2 Å². The topological polar surface area (TPSA) is 67.6 Å². The molecule has 0 radical (unpaired) electrons. The van der Waals surface area contributed by atoms with Gasteiger partial charge in [0.1, 0.15) is 5.82 Å². The Labute approximate surface area is 193 Å². The Balaban J connectivity index is 1.69. The minimum atomic E-state index is -4.44. The Morgan fingerprint density at radius 3 is 2.41 bits per heavy atom. The molecule has 1 fully saturated rings. The monoisotopic (exact) mass is 558 g/mol. The predicted molar refractivity (Wildman–Crippen MR) is 128 cm³/mol. The third kappa shape index (κ3) is 5.26. The number of piperidine rings is 1. The zero-order chi connectivity index (χ0) is 22.9. The van der Waals surface area contributed by atoms with E-state index in [2.05, 4.69) is 9.89 Å². The first-order chi connectivity index (χ1) is 15.2. The van der Waals surface area contributed by atoms with E-state index < -0.39 is 38.3 Å². The minimum Gasteiger partial charge on any atom is -0.393 e. The number of likely N-dealkylation sites (tertiary alicyclic amines) is 1. The van der Waals surface area contributed by atoms with Crippen molar-refractivity contribution < 1.29 is 17.6 Å². The van der Waals surface area contributed by atoms with Gasteiger partial charge in [-0.15, -0.1) is 0 Å². The molecule has 0 aliphatic carbocycles. The summed E-state index contributed by atoms with van der Waals surface area (Å²) in [5, 5.41) is 0. The van der Waals surface area contributed by atoms with Gasteiger partial charge in [0, 0.05) is 18.2 Å². The molecule has 0 bridgehead atoms. The van der Waals surface area contributed by atoms with Crippen molar-refractivity contribution >= 4 is 30.5 Å². The van der Waals surface area contributed by atoms with Crippen LogP contribution in [0.2, 0.25) is 0 Å². The summed E-state index contributed by atoms with van der Waals surface area (Å²) in [6, 6.07) is 8.50. The van der Waals surface area contributed by atoms with Crippen molar-refractivity contribution in [3.05, 3.63) is 68.8 Å². The number of rotatable bonds is 4. The van der Waals surface area contributed by atoms with Crippen LogP contribution in [0, 0.1) is 5.82 Å². The Hall–Kier alpha value is -2.11. The lowest BCUT2D eigenvalue weighted by Gasteiger charge is -2.31. The highest BCUT2D eigenvalue weighted by molar-refractivity contribution is 14.2. The number of benzene rings is 2. The van der Waals surface area contributed by atoms with E-state index in [4.69, 9.17) is 11.5 Å². The SMILES string of the molecule is NC1=CN=C(c2ccc(-c3ccc(C(F)(F)F)cc3CN3CCC(N)CC3)cc2F)C=I1. The molecule has 32 heavy (non-hydrogen) atoms. The molecule has 0 aromatic heterocycles. The zero-order valence-electron chi connectivity index (χ0n) is 17.2. The molecule has 2 aromatic carbocycles. The van der Waals surface area contributed by atoms with Gasteiger partial charge in [0.2, 0.25) is 0 Å². The van der Waals surface area contributed by atoms with Gasteiger partial charge in [-0.05, 0) is 70.9 Å². The van der Waals surface area contributed by atoms with Crippen LogP contribution in [0.1, 0.15) is 29.5 Å². The molecule has 0 unspecified atom stereocenters. The number of nitrogens with zero attached hydrogens (tertiary/aromatic N) is 2. The van der Waals surface area contributed by atoms with Crippen LogP contribution in [0.5, 0.6) is 0 Å². The molecule has 1 saturated heterocycles. The summed E-state index contributed by atoms with van der Waals surface area (Å²) in [5.41, 5.74) is 13.5. The van der Waals surface area contributed by atoms with E-state index in [1.54, 1.807) is 18.3 Å². The van der Waals surface area contributed by atoms with Gasteiger partial charge < -0.3 is 11.5 Å². The van der Waals surface area contributed by atoms with Gasteiger partial charge in [-0.3, -0.25) is 9.89 Å². The van der Waals surface area contributed by atoms with Gasteiger partial charge in [0.05, 0.1) is 21.2 Å². The first-order valence-electron chi connectivity index (χ1n) is 10.2. The second-order valence-electron chi connectivity index (χ2n) is 7.92. The van der Waals surface area contributed by atoms with E-state index >= 15 is 0 Å². The Bertz CT molecular complexity index is 1100. The molecule has 4 N–H and O–H groups in total. The number of aliphatic imine (C=N–C) groups is 1. The maximum atomic E-state index is 15.0. The highest BCUT2D eigenvalue weighted by Crippen LogP contribution is 2.35. The fourth-order valence-electron chi connectivity index (χ4n) is 3.86. The molecule has 170 valence electrons. The lowest BCUT2D eigenvalue weighted by Crippen LogP contribution is -2.39. The summed E-state index contributed by atoms with van der Waals surface area (Å²) < 4.78 is 57.6. The molecule has 0 spiro atoms. The lowest BCUT2D eigenvalue weighted by molar-refractivity contribution is -0.137. The molecule has 0 saturated carbocycles. The van der Waals surface area contributed by atoms with Crippen LogP contribution in [0.25, 0.3) is 11.1 Å². The predicted octanol–water partition coefficient (Wildman–Crippen LogP) is 4.77. The normalized spacial score (nSPS) is 18.2. The third-order valence-corrected chi connectivity index (χ3v) is 7.52. The summed E-state index contributed by atoms with van der Waals surface area (Å²) in [7, 11) is 0. The fourth-order valence-corrected chi connectivity index (χ4v) is 5.31.